The topological polar surface area (TPSA) is 105 Å². The molecule has 0 fully saturated rings. The monoisotopic (exact) mass is 461 g/mol. The fraction of sp³-hybridized carbons (Fsp3) is 0.370. The molecule has 0 aromatic carbocycles. The molecule has 7 nitrogen and oxygen atoms in total. The fourth-order valence-corrected chi connectivity index (χ4v) is 4.09. The number of aromatic nitrogens is 2. The van der Waals surface area contributed by atoms with Crippen molar-refractivity contribution in [3.8, 4) is 0 Å². The Morgan fingerprint density at radius 3 is 2.82 bits per heavy atom. The smallest absolute Gasteiger partial charge is 0.315 e. The molecule has 0 bridgehead atoms. The van der Waals surface area contributed by atoms with E-state index in [4.69, 9.17) is 4.42 Å². The van der Waals surface area contributed by atoms with E-state index in [0.717, 1.165) is 31.2 Å². The number of hydrogen-bond acceptors (Lipinski definition) is 6. The molecular weight excluding hydrogens is 430 g/mol. The highest BCUT2D eigenvalue weighted by Crippen LogP contribution is 2.36. The highest BCUT2D eigenvalue weighted by molar-refractivity contribution is 5.90. The van der Waals surface area contributed by atoms with Gasteiger partial charge < -0.3 is 14.8 Å². The van der Waals surface area contributed by atoms with Crippen LogP contribution in [0, 0.1) is 5.92 Å². The third kappa shape index (κ3) is 6.73. The average Bonchev–Trinajstić information content (AvgIpc) is 3.39. The Morgan fingerprint density at radius 2 is 2.15 bits per heavy atom. The van der Waals surface area contributed by atoms with E-state index in [9.17, 15) is 14.7 Å². The standard InChI is InChI=1S/C27H31N3O4/c1-2-3-6-15-29-24(13-7-9-20-10-8-14-28-18-20)23(19-31)25(27(32)33)21-11-4-5-12-22(21)26-30-16-17-34-26/h7-12,14,16-18,24-25,29H,2-6,13,15H2,1H3,(H,32,33). The van der Waals surface area contributed by atoms with Crippen molar-refractivity contribution in [2.45, 2.75) is 51.5 Å². The summed E-state index contributed by atoms with van der Waals surface area (Å²) >= 11 is 0. The third-order valence-corrected chi connectivity index (χ3v) is 5.75. The minimum absolute atomic E-state index is 0.172. The number of nitrogens with zero attached hydrogens (tertiary/aromatic N) is 2. The summed E-state index contributed by atoms with van der Waals surface area (Å²) in [5.74, 6) is 0.104. The van der Waals surface area contributed by atoms with Crippen molar-refractivity contribution >= 4 is 23.6 Å². The summed E-state index contributed by atoms with van der Waals surface area (Å²) in [6.07, 6.45) is 19.0. The summed E-state index contributed by atoms with van der Waals surface area (Å²) in [6.45, 7) is 2.80. The van der Waals surface area contributed by atoms with Crippen molar-refractivity contribution < 1.29 is 19.1 Å². The zero-order valence-electron chi connectivity index (χ0n) is 19.4. The van der Waals surface area contributed by atoms with Crippen LogP contribution in [0.25, 0.3) is 11.6 Å². The molecule has 0 spiro atoms. The number of carbonyl (C=O) groups is 1. The molecule has 34 heavy (non-hydrogen) atoms. The number of oxazole rings is 1. The van der Waals surface area contributed by atoms with Crippen LogP contribution < -0.4 is 5.32 Å². The Kier molecular flexibility index (Phi) is 9.77. The van der Waals surface area contributed by atoms with Crippen LogP contribution in [0.2, 0.25) is 0 Å². The van der Waals surface area contributed by atoms with Crippen molar-refractivity contribution in [3.63, 3.8) is 0 Å². The first kappa shape index (κ1) is 25.1. The van der Waals surface area contributed by atoms with E-state index in [1.807, 2.05) is 42.4 Å². The maximum atomic E-state index is 12.5. The molecule has 0 saturated carbocycles. The number of carboxylic acid groups (broad SMARTS) is 1. The van der Waals surface area contributed by atoms with Crippen molar-refractivity contribution in [1.82, 2.24) is 15.3 Å². The molecule has 1 aliphatic rings. The molecule has 1 aliphatic carbocycles. The highest BCUT2D eigenvalue weighted by Gasteiger charge is 2.35. The van der Waals surface area contributed by atoms with Crippen LogP contribution in [0.3, 0.4) is 0 Å². The molecule has 2 heterocycles. The van der Waals surface area contributed by atoms with Gasteiger partial charge in [0.05, 0.1) is 6.20 Å². The number of allylic oxidation sites excluding steroid dienone is 3. The molecule has 2 atom stereocenters. The van der Waals surface area contributed by atoms with E-state index in [-0.39, 0.29) is 5.57 Å². The van der Waals surface area contributed by atoms with E-state index in [2.05, 4.69) is 22.2 Å². The minimum Gasteiger partial charge on any atom is -0.481 e. The van der Waals surface area contributed by atoms with Gasteiger partial charge in [-0.05, 0) is 49.4 Å². The molecule has 2 unspecified atom stereocenters. The van der Waals surface area contributed by atoms with Gasteiger partial charge in [-0.25, -0.2) is 9.78 Å². The Morgan fingerprint density at radius 1 is 1.29 bits per heavy atom. The molecule has 178 valence electrons. The molecule has 2 aromatic rings. The first-order valence-electron chi connectivity index (χ1n) is 11.7. The summed E-state index contributed by atoms with van der Waals surface area (Å²) in [7, 11) is 0. The van der Waals surface area contributed by atoms with Gasteiger partial charge in [-0.1, -0.05) is 50.1 Å². The van der Waals surface area contributed by atoms with Gasteiger partial charge in [0.25, 0.3) is 0 Å². The lowest BCUT2D eigenvalue weighted by Crippen LogP contribution is -2.37. The number of aliphatic carboxylic acids is 1. The summed E-state index contributed by atoms with van der Waals surface area (Å²) in [5, 5.41) is 13.6. The van der Waals surface area contributed by atoms with Crippen molar-refractivity contribution in [3.05, 3.63) is 77.8 Å². The number of carboxylic acids is 1. The lowest BCUT2D eigenvalue weighted by molar-refractivity contribution is -0.139. The third-order valence-electron chi connectivity index (χ3n) is 5.75. The first-order valence-corrected chi connectivity index (χ1v) is 11.7. The van der Waals surface area contributed by atoms with E-state index >= 15 is 0 Å². The average molecular weight is 462 g/mol. The second-order valence-electron chi connectivity index (χ2n) is 8.16. The molecule has 0 amide bonds. The SMILES string of the molecule is CCCCCNC(CC=Cc1cccnc1)C(=C=O)C(C(=O)O)C1=CCCC=C1c1ncco1. The van der Waals surface area contributed by atoms with Gasteiger partial charge >= 0.3 is 5.97 Å². The zero-order valence-corrected chi connectivity index (χ0v) is 19.4. The Labute approximate surface area is 200 Å². The number of hydrogen-bond donors (Lipinski definition) is 2. The van der Waals surface area contributed by atoms with E-state index < -0.39 is 17.9 Å². The highest BCUT2D eigenvalue weighted by atomic mass is 16.4. The molecule has 7 heteroatoms. The van der Waals surface area contributed by atoms with Gasteiger partial charge in [0.15, 0.2) is 0 Å². The lowest BCUT2D eigenvalue weighted by atomic mass is 9.80. The molecule has 2 N–H and O–H groups in total. The Balaban J connectivity index is 1.89. The van der Waals surface area contributed by atoms with Crippen LogP contribution in [0.4, 0.5) is 0 Å². The quantitative estimate of drug-likeness (QED) is 0.323. The summed E-state index contributed by atoms with van der Waals surface area (Å²) < 4.78 is 5.46. The molecular formula is C27H31N3O4. The maximum Gasteiger partial charge on any atom is 0.315 e. The lowest BCUT2D eigenvalue weighted by Gasteiger charge is -2.26. The second-order valence-corrected chi connectivity index (χ2v) is 8.16. The summed E-state index contributed by atoms with van der Waals surface area (Å²) in [5.41, 5.74) is 2.25. The van der Waals surface area contributed by atoms with E-state index in [0.29, 0.717) is 36.4 Å². The Hall–Kier alpha value is -3.54. The number of pyridine rings is 1. The molecule has 0 aliphatic heterocycles. The van der Waals surface area contributed by atoms with Crippen LogP contribution >= 0.6 is 0 Å². The Bertz CT molecular complexity index is 1060. The fourth-order valence-electron chi connectivity index (χ4n) is 4.09. The maximum absolute atomic E-state index is 12.5. The van der Waals surface area contributed by atoms with Gasteiger partial charge in [0.1, 0.15) is 18.1 Å². The first-order chi connectivity index (χ1) is 16.7. The normalized spacial score (nSPS) is 15.3. The van der Waals surface area contributed by atoms with Crippen molar-refractivity contribution in [2.24, 2.45) is 5.92 Å². The van der Waals surface area contributed by atoms with Crippen LogP contribution in [-0.4, -0.2) is 39.6 Å². The number of nitrogens with one attached hydrogen (secondary N) is 1. The number of unbranched alkanes of at least 4 members (excludes halogenated alkanes) is 2. The molecule has 0 saturated heterocycles. The van der Waals surface area contributed by atoms with Gasteiger partial charge in [-0.15, -0.1) is 0 Å². The van der Waals surface area contributed by atoms with E-state index in [1.54, 1.807) is 12.4 Å². The predicted octanol–water partition coefficient (Wildman–Crippen LogP) is 4.88. The van der Waals surface area contributed by atoms with Crippen molar-refractivity contribution in [2.75, 3.05) is 6.54 Å². The summed E-state index contributed by atoms with van der Waals surface area (Å²) in [6, 6.07) is 3.31. The van der Waals surface area contributed by atoms with Crippen LogP contribution in [0.15, 0.2) is 70.8 Å². The number of carbonyl (C=O) groups excluding carboxylic acids is 1. The largest absolute Gasteiger partial charge is 0.481 e. The predicted molar refractivity (Wildman–Crippen MR) is 131 cm³/mol. The van der Waals surface area contributed by atoms with Crippen molar-refractivity contribution in [1.29, 1.82) is 0 Å². The zero-order chi connectivity index (χ0) is 24.2. The second kappa shape index (κ2) is 13.2. The van der Waals surface area contributed by atoms with Gasteiger partial charge in [-0.3, -0.25) is 9.78 Å². The van der Waals surface area contributed by atoms with Crippen LogP contribution in [0.5, 0.6) is 0 Å². The minimum atomic E-state index is -1.15. The van der Waals surface area contributed by atoms with E-state index in [1.165, 1.54) is 12.5 Å². The summed E-state index contributed by atoms with van der Waals surface area (Å²) in [4.78, 5) is 33.1. The molecule has 0 radical (unpaired) electrons. The molecule has 2 aromatic heterocycles. The molecule has 3 rings (SSSR count). The van der Waals surface area contributed by atoms with Gasteiger partial charge in [0, 0.05) is 29.6 Å². The van der Waals surface area contributed by atoms with Crippen LogP contribution in [0.1, 0.15) is 56.9 Å². The van der Waals surface area contributed by atoms with Crippen LogP contribution in [-0.2, 0) is 9.59 Å². The number of rotatable bonds is 13. The van der Waals surface area contributed by atoms with Gasteiger partial charge in [-0.2, -0.15) is 0 Å². The van der Waals surface area contributed by atoms with Gasteiger partial charge in [0.2, 0.25) is 5.89 Å².